The van der Waals surface area contributed by atoms with E-state index in [0.717, 1.165) is 12.8 Å². The average Bonchev–Trinajstić information content (AvgIpc) is 2.82. The third kappa shape index (κ3) is 3.46. The highest BCUT2D eigenvalue weighted by molar-refractivity contribution is 5.66. The number of hydrogen-bond donors (Lipinski definition) is 0. The number of hydrogen-bond acceptors (Lipinski definition) is 5. The molecule has 2 aliphatic heterocycles. The van der Waals surface area contributed by atoms with Crippen molar-refractivity contribution in [2.75, 3.05) is 13.2 Å². The Morgan fingerprint density at radius 2 is 1.79 bits per heavy atom. The lowest BCUT2D eigenvalue weighted by molar-refractivity contribution is -0.151. The monoisotopic (exact) mass is 272 g/mol. The van der Waals surface area contributed by atoms with E-state index in [0.29, 0.717) is 13.2 Å². The lowest BCUT2D eigenvalue weighted by Gasteiger charge is -2.30. The van der Waals surface area contributed by atoms with Gasteiger partial charge in [0.05, 0.1) is 18.8 Å². The van der Waals surface area contributed by atoms with Crippen molar-refractivity contribution in [1.82, 2.24) is 0 Å². The second-order valence-corrected chi connectivity index (χ2v) is 5.91. The molecule has 0 bridgehead atoms. The molecule has 0 radical (unpaired) electrons. The van der Waals surface area contributed by atoms with Crippen molar-refractivity contribution in [3.05, 3.63) is 0 Å². The number of rotatable bonds is 5. The minimum absolute atomic E-state index is 0.0768. The lowest BCUT2D eigenvalue weighted by atomic mass is 10.0. The van der Waals surface area contributed by atoms with Gasteiger partial charge in [0.25, 0.3) is 0 Å². The van der Waals surface area contributed by atoms with Gasteiger partial charge in [0.15, 0.2) is 6.10 Å². The molecule has 0 aromatic heterocycles. The Bertz CT molecular complexity index is 328. The van der Waals surface area contributed by atoms with Crippen molar-refractivity contribution in [1.29, 1.82) is 0 Å². The first kappa shape index (κ1) is 14.8. The van der Waals surface area contributed by atoms with Gasteiger partial charge in [-0.2, -0.15) is 0 Å². The van der Waals surface area contributed by atoms with Crippen molar-refractivity contribution >= 4 is 5.97 Å². The fraction of sp³-hybridized carbons (Fsp3) is 0.929. The summed E-state index contributed by atoms with van der Waals surface area (Å²) in [4.78, 5) is 11.0. The highest BCUT2D eigenvalue weighted by Crippen LogP contribution is 2.33. The molecule has 2 heterocycles. The minimum Gasteiger partial charge on any atom is -0.457 e. The number of fused-ring (bicyclic) bond motifs is 1. The smallest absolute Gasteiger partial charge is 0.303 e. The van der Waals surface area contributed by atoms with Crippen LogP contribution in [0.5, 0.6) is 0 Å². The summed E-state index contributed by atoms with van der Waals surface area (Å²) >= 11 is 0. The van der Waals surface area contributed by atoms with Crippen molar-refractivity contribution in [2.45, 2.75) is 70.6 Å². The molecule has 0 saturated carbocycles. The number of carbonyl (C=O) groups excluding carboxylic acids is 1. The van der Waals surface area contributed by atoms with Crippen LogP contribution in [0.15, 0.2) is 0 Å². The van der Waals surface area contributed by atoms with E-state index in [1.807, 2.05) is 0 Å². The van der Waals surface area contributed by atoms with Crippen molar-refractivity contribution in [3.8, 4) is 0 Å². The highest BCUT2D eigenvalue weighted by atomic mass is 16.7. The summed E-state index contributed by atoms with van der Waals surface area (Å²) in [6.45, 7) is 8.61. The van der Waals surface area contributed by atoms with Gasteiger partial charge < -0.3 is 18.9 Å². The van der Waals surface area contributed by atoms with E-state index in [9.17, 15) is 4.79 Å². The van der Waals surface area contributed by atoms with Crippen LogP contribution >= 0.6 is 0 Å². The Morgan fingerprint density at radius 3 is 2.37 bits per heavy atom. The molecule has 0 aromatic rings. The summed E-state index contributed by atoms with van der Waals surface area (Å²) in [5.74, 6) is -0.298. The Morgan fingerprint density at radius 1 is 1.21 bits per heavy atom. The molecule has 5 nitrogen and oxygen atoms in total. The van der Waals surface area contributed by atoms with Gasteiger partial charge in [-0.3, -0.25) is 4.79 Å². The number of esters is 1. The van der Waals surface area contributed by atoms with Gasteiger partial charge in [0.1, 0.15) is 18.3 Å². The fourth-order valence-electron chi connectivity index (χ4n) is 2.92. The third-order valence-corrected chi connectivity index (χ3v) is 3.60. The normalized spacial score (nSPS) is 34.3. The van der Waals surface area contributed by atoms with Crippen LogP contribution in [0.4, 0.5) is 0 Å². The SMILES string of the molecule is CCCC(C)(C)OC1CO[C@@H]2C(OC(C)=O)CO[C@H]12. The lowest BCUT2D eigenvalue weighted by Crippen LogP contribution is -2.39. The van der Waals surface area contributed by atoms with E-state index < -0.39 is 0 Å². The molecule has 4 atom stereocenters. The van der Waals surface area contributed by atoms with Crippen LogP contribution in [0.2, 0.25) is 0 Å². The maximum atomic E-state index is 11.0. The van der Waals surface area contributed by atoms with Crippen LogP contribution in [0, 0.1) is 0 Å². The van der Waals surface area contributed by atoms with Crippen LogP contribution in [-0.2, 0) is 23.7 Å². The van der Waals surface area contributed by atoms with Gasteiger partial charge in [0, 0.05) is 6.92 Å². The molecular weight excluding hydrogens is 248 g/mol. The first-order valence-electron chi connectivity index (χ1n) is 7.01. The fourth-order valence-corrected chi connectivity index (χ4v) is 2.92. The van der Waals surface area contributed by atoms with Gasteiger partial charge in [-0.1, -0.05) is 13.3 Å². The zero-order valence-corrected chi connectivity index (χ0v) is 12.2. The summed E-state index contributed by atoms with van der Waals surface area (Å²) in [7, 11) is 0. The van der Waals surface area contributed by atoms with Crippen LogP contribution < -0.4 is 0 Å². The summed E-state index contributed by atoms with van der Waals surface area (Å²) in [6, 6.07) is 0. The van der Waals surface area contributed by atoms with E-state index >= 15 is 0 Å². The van der Waals surface area contributed by atoms with Gasteiger partial charge in [-0.25, -0.2) is 0 Å². The Balaban J connectivity index is 1.92. The molecule has 5 heteroatoms. The highest BCUT2D eigenvalue weighted by Gasteiger charge is 2.50. The Hall–Kier alpha value is -0.650. The van der Waals surface area contributed by atoms with E-state index in [1.54, 1.807) is 0 Å². The standard InChI is InChI=1S/C14H24O5/c1-5-6-14(3,4)19-11-8-17-12-10(18-9(2)15)7-16-13(11)12/h10-13H,5-8H2,1-4H3/t10?,11?,12-,13-/m1/s1. The molecule has 2 unspecified atom stereocenters. The predicted molar refractivity (Wildman–Crippen MR) is 68.9 cm³/mol. The van der Waals surface area contributed by atoms with E-state index in [-0.39, 0.29) is 36.0 Å². The molecule has 2 fully saturated rings. The number of carbonyl (C=O) groups is 1. The second-order valence-electron chi connectivity index (χ2n) is 5.91. The predicted octanol–water partition coefficient (Wildman–Crippen LogP) is 1.68. The maximum Gasteiger partial charge on any atom is 0.303 e. The molecule has 110 valence electrons. The molecule has 2 rings (SSSR count). The molecule has 2 aliphatic rings. The molecule has 19 heavy (non-hydrogen) atoms. The molecule has 2 saturated heterocycles. The van der Waals surface area contributed by atoms with E-state index in [1.165, 1.54) is 6.92 Å². The molecule has 0 amide bonds. The summed E-state index contributed by atoms with van der Waals surface area (Å²) in [5.41, 5.74) is -0.180. The van der Waals surface area contributed by atoms with E-state index in [4.69, 9.17) is 18.9 Å². The van der Waals surface area contributed by atoms with Crippen molar-refractivity contribution < 1.29 is 23.7 Å². The third-order valence-electron chi connectivity index (χ3n) is 3.60. The van der Waals surface area contributed by atoms with Gasteiger partial charge in [-0.05, 0) is 20.3 Å². The Kier molecular flexibility index (Phi) is 4.48. The van der Waals surface area contributed by atoms with Gasteiger partial charge >= 0.3 is 5.97 Å². The van der Waals surface area contributed by atoms with Gasteiger partial charge in [0.2, 0.25) is 0 Å². The van der Waals surface area contributed by atoms with Crippen LogP contribution in [-0.4, -0.2) is 49.2 Å². The summed E-state index contributed by atoms with van der Waals surface area (Å²) in [6.07, 6.45) is 1.38. The summed E-state index contributed by atoms with van der Waals surface area (Å²) < 4.78 is 22.7. The van der Waals surface area contributed by atoms with Crippen LogP contribution in [0.3, 0.4) is 0 Å². The largest absolute Gasteiger partial charge is 0.457 e. The van der Waals surface area contributed by atoms with Gasteiger partial charge in [-0.15, -0.1) is 0 Å². The minimum atomic E-state index is -0.301. The maximum absolute atomic E-state index is 11.0. The summed E-state index contributed by atoms with van der Waals surface area (Å²) in [5, 5.41) is 0. The van der Waals surface area contributed by atoms with Crippen LogP contribution in [0.25, 0.3) is 0 Å². The van der Waals surface area contributed by atoms with Crippen molar-refractivity contribution in [3.63, 3.8) is 0 Å². The molecular formula is C14H24O5. The molecule has 0 spiro atoms. The van der Waals surface area contributed by atoms with Crippen LogP contribution in [0.1, 0.15) is 40.5 Å². The number of ether oxygens (including phenoxy) is 4. The Labute approximate surface area is 114 Å². The molecule has 0 N–H and O–H groups in total. The zero-order valence-electron chi connectivity index (χ0n) is 12.2. The first-order chi connectivity index (χ1) is 8.93. The van der Waals surface area contributed by atoms with Crippen molar-refractivity contribution in [2.24, 2.45) is 0 Å². The molecule has 0 aliphatic carbocycles. The molecule has 0 aromatic carbocycles. The zero-order chi connectivity index (χ0) is 14.0. The topological polar surface area (TPSA) is 54.0 Å². The van der Waals surface area contributed by atoms with E-state index in [2.05, 4.69) is 20.8 Å². The average molecular weight is 272 g/mol. The first-order valence-corrected chi connectivity index (χ1v) is 7.01. The second kappa shape index (κ2) is 5.77. The quantitative estimate of drug-likeness (QED) is 0.713.